The highest BCUT2D eigenvalue weighted by atomic mass is 16.5. The van der Waals surface area contributed by atoms with Crippen LogP contribution in [0.4, 0.5) is 0 Å². The minimum absolute atomic E-state index is 0.193. The van der Waals surface area contributed by atoms with Crippen molar-refractivity contribution in [2.75, 3.05) is 13.2 Å². The number of hydrogen-bond donors (Lipinski definition) is 4. The molecule has 0 unspecified atom stereocenters. The molecule has 0 aromatic heterocycles. The lowest BCUT2D eigenvalue weighted by atomic mass is 10.0. The zero-order valence-corrected chi connectivity index (χ0v) is 24.6. The lowest BCUT2D eigenvalue weighted by molar-refractivity contribution is -0.130. The summed E-state index contributed by atoms with van der Waals surface area (Å²) in [6, 6.07) is 15.1. The predicted octanol–water partition coefficient (Wildman–Crippen LogP) is 4.42. The number of nitrogens with one attached hydrogen (secondary N) is 4. The summed E-state index contributed by atoms with van der Waals surface area (Å²) in [5.41, 5.74) is 11.6. The zero-order valence-electron chi connectivity index (χ0n) is 24.6. The molecular weight excluding hydrogens is 524 g/mol. The van der Waals surface area contributed by atoms with Gasteiger partial charge in [0, 0.05) is 12.8 Å². The Hall–Kier alpha value is -4.08. The average molecular weight is 569 g/mol. The first-order valence-electron chi connectivity index (χ1n) is 14.3. The van der Waals surface area contributed by atoms with E-state index in [0.717, 1.165) is 30.4 Å². The minimum Gasteiger partial charge on any atom is -0.483 e. The van der Waals surface area contributed by atoms with Crippen LogP contribution in [0.15, 0.2) is 48.5 Å². The SMILES string of the molecule is CC(C)c1ccccc1OCC(=O)NNC(=O)CCCCCCCC(=O)NNC(=O)COc1ccccc1C(C)C. The Kier molecular flexibility index (Phi) is 14.8. The Balaban J connectivity index is 1.47. The third kappa shape index (κ3) is 13.2. The van der Waals surface area contributed by atoms with Crippen LogP contribution in [0.2, 0.25) is 0 Å². The van der Waals surface area contributed by atoms with Crippen molar-refractivity contribution in [2.24, 2.45) is 0 Å². The van der Waals surface area contributed by atoms with Gasteiger partial charge >= 0.3 is 0 Å². The standard InChI is InChI=1S/C31H44N4O6/c1-22(2)24-14-10-12-16-26(24)40-20-30(38)34-32-28(36)18-8-6-5-7-9-19-29(37)33-35-31(39)21-41-27-17-13-11-15-25(27)23(3)4/h10-17,22-23H,5-9,18-21H2,1-4H3,(H,32,36)(H,33,37)(H,34,38)(H,35,39). The normalized spacial score (nSPS) is 10.7. The first-order valence-corrected chi connectivity index (χ1v) is 14.3. The molecule has 0 fully saturated rings. The van der Waals surface area contributed by atoms with Crippen molar-refractivity contribution < 1.29 is 28.7 Å². The van der Waals surface area contributed by atoms with Gasteiger partial charge < -0.3 is 9.47 Å². The number of carbonyl (C=O) groups excluding carboxylic acids is 4. The molecule has 2 aromatic rings. The van der Waals surface area contributed by atoms with Gasteiger partial charge in [0.25, 0.3) is 11.8 Å². The Bertz CT molecular complexity index is 1050. The molecule has 0 aliphatic carbocycles. The third-order valence-corrected chi connectivity index (χ3v) is 6.29. The maximum absolute atomic E-state index is 12.0. The smallest absolute Gasteiger partial charge is 0.276 e. The van der Waals surface area contributed by atoms with Crippen molar-refractivity contribution in [3.63, 3.8) is 0 Å². The van der Waals surface area contributed by atoms with Gasteiger partial charge in [0.15, 0.2) is 13.2 Å². The molecule has 0 atom stereocenters. The van der Waals surface area contributed by atoms with Crippen molar-refractivity contribution in [2.45, 2.75) is 84.5 Å². The fourth-order valence-corrected chi connectivity index (χ4v) is 4.04. The highest BCUT2D eigenvalue weighted by Gasteiger charge is 2.11. The summed E-state index contributed by atoms with van der Waals surface area (Å²) < 4.78 is 11.2. The quantitative estimate of drug-likeness (QED) is 0.175. The fraction of sp³-hybridized carbons (Fsp3) is 0.484. The molecule has 4 N–H and O–H groups in total. The van der Waals surface area contributed by atoms with Crippen LogP contribution in [-0.4, -0.2) is 36.8 Å². The second kappa shape index (κ2) is 18.3. The van der Waals surface area contributed by atoms with Gasteiger partial charge in [0.2, 0.25) is 11.8 Å². The Morgan fingerprint density at radius 3 is 1.27 bits per heavy atom. The summed E-state index contributed by atoms with van der Waals surface area (Å²) >= 11 is 0. The Morgan fingerprint density at radius 1 is 0.537 bits per heavy atom. The number of amides is 4. The molecule has 0 saturated carbocycles. The lowest BCUT2D eigenvalue weighted by Crippen LogP contribution is -2.43. The topological polar surface area (TPSA) is 135 Å². The van der Waals surface area contributed by atoms with Crippen molar-refractivity contribution in [3.8, 4) is 11.5 Å². The number of ether oxygens (including phenoxy) is 2. The second-order valence-electron chi connectivity index (χ2n) is 10.4. The summed E-state index contributed by atoms with van der Waals surface area (Å²) in [6.45, 7) is 7.81. The number of hydrogen-bond acceptors (Lipinski definition) is 6. The summed E-state index contributed by atoms with van der Waals surface area (Å²) in [6.07, 6.45) is 4.42. The van der Waals surface area contributed by atoms with Gasteiger partial charge in [-0.15, -0.1) is 0 Å². The van der Waals surface area contributed by atoms with Crippen LogP contribution in [-0.2, 0) is 19.2 Å². The molecule has 0 radical (unpaired) electrons. The third-order valence-electron chi connectivity index (χ3n) is 6.29. The first kappa shape index (κ1) is 33.1. The molecule has 0 bridgehead atoms. The molecule has 41 heavy (non-hydrogen) atoms. The Morgan fingerprint density at radius 2 is 0.878 bits per heavy atom. The number of unbranched alkanes of at least 4 members (excludes halogenated alkanes) is 4. The molecule has 224 valence electrons. The van der Waals surface area contributed by atoms with E-state index < -0.39 is 11.8 Å². The molecule has 0 heterocycles. The van der Waals surface area contributed by atoms with Crippen molar-refractivity contribution >= 4 is 23.6 Å². The maximum Gasteiger partial charge on any atom is 0.276 e. The maximum atomic E-state index is 12.0. The van der Waals surface area contributed by atoms with Crippen molar-refractivity contribution in [3.05, 3.63) is 59.7 Å². The molecule has 4 amide bonds. The van der Waals surface area contributed by atoms with Gasteiger partial charge in [-0.1, -0.05) is 83.4 Å². The van der Waals surface area contributed by atoms with E-state index in [4.69, 9.17) is 9.47 Å². The van der Waals surface area contributed by atoms with Crippen molar-refractivity contribution in [1.29, 1.82) is 0 Å². The predicted molar refractivity (Wildman–Crippen MR) is 157 cm³/mol. The van der Waals surface area contributed by atoms with Crippen LogP contribution in [0, 0.1) is 0 Å². The average Bonchev–Trinajstić information content (AvgIpc) is 2.96. The zero-order chi connectivity index (χ0) is 30.0. The van der Waals surface area contributed by atoms with Crippen LogP contribution >= 0.6 is 0 Å². The van der Waals surface area contributed by atoms with E-state index in [0.29, 0.717) is 24.3 Å². The molecule has 2 aromatic carbocycles. The van der Waals surface area contributed by atoms with Crippen LogP contribution in [0.1, 0.15) is 95.6 Å². The van der Waals surface area contributed by atoms with Crippen LogP contribution in [0.25, 0.3) is 0 Å². The lowest BCUT2D eigenvalue weighted by Gasteiger charge is -2.14. The number of rotatable bonds is 16. The highest BCUT2D eigenvalue weighted by Crippen LogP contribution is 2.26. The van der Waals surface area contributed by atoms with Crippen LogP contribution < -0.4 is 31.2 Å². The molecule has 0 spiro atoms. The van der Waals surface area contributed by atoms with Crippen molar-refractivity contribution in [1.82, 2.24) is 21.7 Å². The number of hydrazine groups is 2. The van der Waals surface area contributed by atoms with E-state index >= 15 is 0 Å². The van der Waals surface area contributed by atoms with E-state index in [9.17, 15) is 19.2 Å². The van der Waals surface area contributed by atoms with Crippen LogP contribution in [0.3, 0.4) is 0 Å². The van der Waals surface area contributed by atoms with E-state index in [1.165, 1.54) is 0 Å². The summed E-state index contributed by atoms with van der Waals surface area (Å²) in [5.74, 6) is 0.428. The molecule has 0 aliphatic rings. The molecule has 0 saturated heterocycles. The van der Waals surface area contributed by atoms with Gasteiger partial charge in [-0.05, 0) is 47.9 Å². The van der Waals surface area contributed by atoms with E-state index in [1.54, 1.807) is 0 Å². The molecule has 10 heteroatoms. The highest BCUT2D eigenvalue weighted by molar-refractivity contribution is 5.83. The van der Waals surface area contributed by atoms with Gasteiger partial charge in [0.05, 0.1) is 0 Å². The summed E-state index contributed by atoms with van der Waals surface area (Å²) in [4.78, 5) is 48.0. The number of para-hydroxylation sites is 2. The van der Waals surface area contributed by atoms with E-state index in [2.05, 4.69) is 21.7 Å². The second-order valence-corrected chi connectivity index (χ2v) is 10.4. The van der Waals surface area contributed by atoms with Gasteiger partial charge in [-0.25, -0.2) is 0 Å². The molecule has 0 aliphatic heterocycles. The molecule has 2 rings (SSSR count). The Labute approximate surface area is 242 Å². The van der Waals surface area contributed by atoms with E-state index in [-0.39, 0.29) is 49.7 Å². The fourth-order valence-electron chi connectivity index (χ4n) is 4.04. The van der Waals surface area contributed by atoms with Gasteiger partial charge in [-0.3, -0.25) is 40.9 Å². The van der Waals surface area contributed by atoms with E-state index in [1.807, 2.05) is 76.2 Å². The number of benzene rings is 2. The monoisotopic (exact) mass is 568 g/mol. The minimum atomic E-state index is -0.435. The molecular formula is C31H44N4O6. The summed E-state index contributed by atoms with van der Waals surface area (Å²) in [5, 5.41) is 0. The van der Waals surface area contributed by atoms with Gasteiger partial charge in [0.1, 0.15) is 11.5 Å². The number of carbonyl (C=O) groups is 4. The van der Waals surface area contributed by atoms with Gasteiger partial charge in [-0.2, -0.15) is 0 Å². The summed E-state index contributed by atoms with van der Waals surface area (Å²) in [7, 11) is 0. The molecule has 10 nitrogen and oxygen atoms in total. The first-order chi connectivity index (χ1) is 19.7. The largest absolute Gasteiger partial charge is 0.483 e. The van der Waals surface area contributed by atoms with Crippen LogP contribution in [0.5, 0.6) is 11.5 Å².